The monoisotopic (exact) mass is 330 g/mol. The number of amides is 2. The van der Waals surface area contributed by atoms with Crippen molar-refractivity contribution in [2.24, 2.45) is 5.84 Å². The highest BCUT2D eigenvalue weighted by molar-refractivity contribution is 7.10. The van der Waals surface area contributed by atoms with E-state index < -0.39 is 11.8 Å². The van der Waals surface area contributed by atoms with Gasteiger partial charge in [0.05, 0.1) is 5.69 Å². The van der Waals surface area contributed by atoms with Crippen LogP contribution in [0.3, 0.4) is 0 Å². The van der Waals surface area contributed by atoms with Crippen molar-refractivity contribution < 1.29 is 14.3 Å². The zero-order valence-electron chi connectivity index (χ0n) is 12.0. The van der Waals surface area contributed by atoms with Gasteiger partial charge in [0.25, 0.3) is 11.8 Å². The Bertz CT molecular complexity index is 786. The van der Waals surface area contributed by atoms with Crippen molar-refractivity contribution >= 4 is 40.6 Å². The lowest BCUT2D eigenvalue weighted by Gasteiger charge is -2.30. The van der Waals surface area contributed by atoms with Crippen molar-refractivity contribution in [3.63, 3.8) is 0 Å². The molecule has 0 bridgehead atoms. The Hall–Kier alpha value is -2.84. The summed E-state index contributed by atoms with van der Waals surface area (Å²) in [5.74, 6) is 4.75. The molecule has 1 aliphatic rings. The van der Waals surface area contributed by atoms with Crippen LogP contribution in [0.15, 0.2) is 41.5 Å². The molecule has 2 heterocycles. The van der Waals surface area contributed by atoms with E-state index in [4.69, 9.17) is 16.3 Å². The molecule has 5 N–H and O–H groups in total. The van der Waals surface area contributed by atoms with E-state index in [1.165, 1.54) is 16.2 Å². The first-order chi connectivity index (χ1) is 11.1. The summed E-state index contributed by atoms with van der Waals surface area (Å²) in [6.45, 7) is -0.211. The van der Waals surface area contributed by atoms with Crippen LogP contribution in [0.4, 0.5) is 11.4 Å². The Morgan fingerprint density at radius 2 is 2.22 bits per heavy atom. The average molecular weight is 330 g/mol. The SMILES string of the molecule is NNC(=O)CN1C(=O)/C(=C\c2cccs2)Oc2cc(N)ccc21. The number of nitrogens with one attached hydrogen (secondary N) is 1. The number of nitrogens with zero attached hydrogens (tertiary/aromatic N) is 1. The van der Waals surface area contributed by atoms with Gasteiger partial charge in [-0.1, -0.05) is 6.07 Å². The summed E-state index contributed by atoms with van der Waals surface area (Å²) < 4.78 is 5.68. The van der Waals surface area contributed by atoms with Crippen LogP contribution in [0.2, 0.25) is 0 Å². The summed E-state index contributed by atoms with van der Waals surface area (Å²) >= 11 is 1.47. The van der Waals surface area contributed by atoms with Gasteiger partial charge in [-0.15, -0.1) is 11.3 Å². The molecule has 0 radical (unpaired) electrons. The molecule has 0 aliphatic carbocycles. The zero-order chi connectivity index (χ0) is 16.4. The summed E-state index contributed by atoms with van der Waals surface area (Å²) in [6.07, 6.45) is 1.63. The van der Waals surface area contributed by atoms with Gasteiger partial charge in [-0.25, -0.2) is 5.84 Å². The molecule has 1 aromatic heterocycles. The molecule has 7 nitrogen and oxygen atoms in total. The number of fused-ring (bicyclic) bond motifs is 1. The number of nitrogens with two attached hydrogens (primary N) is 2. The van der Waals surface area contributed by atoms with Crippen LogP contribution in [0.5, 0.6) is 5.75 Å². The number of thiophene rings is 1. The second-order valence-electron chi connectivity index (χ2n) is 4.81. The molecule has 0 saturated carbocycles. The number of carbonyl (C=O) groups is 2. The highest BCUT2D eigenvalue weighted by Crippen LogP contribution is 2.37. The van der Waals surface area contributed by atoms with E-state index in [0.717, 1.165) is 4.88 Å². The summed E-state index contributed by atoms with van der Waals surface area (Å²) in [5.41, 5.74) is 8.76. The molecule has 2 aromatic rings. The lowest BCUT2D eigenvalue weighted by Crippen LogP contribution is -2.45. The van der Waals surface area contributed by atoms with Crippen molar-refractivity contribution in [3.8, 4) is 5.75 Å². The van der Waals surface area contributed by atoms with E-state index >= 15 is 0 Å². The Morgan fingerprint density at radius 3 is 2.91 bits per heavy atom. The summed E-state index contributed by atoms with van der Waals surface area (Å²) in [4.78, 5) is 26.4. The lowest BCUT2D eigenvalue weighted by molar-refractivity contribution is -0.123. The second kappa shape index (κ2) is 6.11. The molecule has 23 heavy (non-hydrogen) atoms. The fourth-order valence-corrected chi connectivity index (χ4v) is 2.83. The highest BCUT2D eigenvalue weighted by atomic mass is 32.1. The molecule has 1 aromatic carbocycles. The molecular weight excluding hydrogens is 316 g/mol. The predicted molar refractivity (Wildman–Crippen MR) is 88.5 cm³/mol. The Balaban J connectivity index is 2.04. The van der Waals surface area contributed by atoms with Crippen LogP contribution in [-0.4, -0.2) is 18.4 Å². The number of hydrogen-bond acceptors (Lipinski definition) is 6. The minimum absolute atomic E-state index is 0.121. The van der Waals surface area contributed by atoms with E-state index in [2.05, 4.69) is 0 Å². The smallest absolute Gasteiger partial charge is 0.294 e. The Labute approximate surface area is 136 Å². The van der Waals surface area contributed by atoms with Gasteiger partial charge in [-0.05, 0) is 23.6 Å². The lowest BCUT2D eigenvalue weighted by atomic mass is 10.2. The summed E-state index contributed by atoms with van der Waals surface area (Å²) in [5, 5.41) is 1.89. The molecular formula is C15H14N4O3S. The molecule has 2 amide bonds. The van der Waals surface area contributed by atoms with Gasteiger partial charge in [0.1, 0.15) is 6.54 Å². The maximum absolute atomic E-state index is 12.6. The highest BCUT2D eigenvalue weighted by Gasteiger charge is 2.31. The number of carbonyl (C=O) groups excluding carboxylic acids is 2. The van der Waals surface area contributed by atoms with E-state index in [-0.39, 0.29) is 12.3 Å². The summed E-state index contributed by atoms with van der Waals surface area (Å²) in [6, 6.07) is 8.61. The zero-order valence-corrected chi connectivity index (χ0v) is 12.8. The predicted octanol–water partition coefficient (Wildman–Crippen LogP) is 1.09. The van der Waals surface area contributed by atoms with Crippen LogP contribution in [0.25, 0.3) is 6.08 Å². The number of benzene rings is 1. The number of hydrazine groups is 1. The second-order valence-corrected chi connectivity index (χ2v) is 5.79. The minimum Gasteiger partial charge on any atom is -0.449 e. The quantitative estimate of drug-likeness (QED) is 0.256. The summed E-state index contributed by atoms with van der Waals surface area (Å²) in [7, 11) is 0. The largest absolute Gasteiger partial charge is 0.449 e. The van der Waals surface area contributed by atoms with Crippen molar-refractivity contribution in [3.05, 3.63) is 46.3 Å². The van der Waals surface area contributed by atoms with Gasteiger partial charge < -0.3 is 10.5 Å². The molecule has 3 rings (SSSR count). The van der Waals surface area contributed by atoms with Crippen molar-refractivity contribution in [1.29, 1.82) is 0 Å². The fourth-order valence-electron chi connectivity index (χ4n) is 2.18. The van der Waals surface area contributed by atoms with E-state index in [0.29, 0.717) is 17.1 Å². The molecule has 0 unspecified atom stereocenters. The standard InChI is InChI=1S/C15H14N4O3S/c16-9-3-4-11-12(6-9)22-13(7-10-2-1-5-23-10)15(21)19(11)8-14(20)18-17/h1-7H,8,16-17H2,(H,18,20)/b13-7+. The van der Waals surface area contributed by atoms with Gasteiger partial charge >= 0.3 is 0 Å². The van der Waals surface area contributed by atoms with Gasteiger partial charge in [0.2, 0.25) is 0 Å². The van der Waals surface area contributed by atoms with Crippen molar-refractivity contribution in [2.45, 2.75) is 0 Å². The number of rotatable bonds is 3. The van der Waals surface area contributed by atoms with Crippen molar-refractivity contribution in [2.75, 3.05) is 17.2 Å². The first-order valence-electron chi connectivity index (χ1n) is 6.72. The molecule has 0 fully saturated rings. The Kier molecular flexibility index (Phi) is 4.00. The molecule has 1 aliphatic heterocycles. The normalized spacial score (nSPS) is 15.3. The Morgan fingerprint density at radius 1 is 1.39 bits per heavy atom. The van der Waals surface area contributed by atoms with Gasteiger partial charge in [0.15, 0.2) is 11.5 Å². The molecule has 118 valence electrons. The van der Waals surface area contributed by atoms with Crippen LogP contribution in [0.1, 0.15) is 4.88 Å². The number of anilines is 2. The minimum atomic E-state index is -0.488. The number of ether oxygens (including phenoxy) is 1. The molecule has 8 heteroatoms. The van der Waals surface area contributed by atoms with E-state index in [1.54, 1.807) is 24.3 Å². The maximum atomic E-state index is 12.6. The van der Waals surface area contributed by atoms with E-state index in [9.17, 15) is 9.59 Å². The van der Waals surface area contributed by atoms with Crippen LogP contribution < -0.4 is 26.6 Å². The van der Waals surface area contributed by atoms with E-state index in [1.807, 2.05) is 22.9 Å². The fraction of sp³-hybridized carbons (Fsp3) is 0.0667. The molecule has 0 atom stereocenters. The van der Waals surface area contributed by atoms with Gasteiger partial charge in [-0.3, -0.25) is 19.9 Å². The maximum Gasteiger partial charge on any atom is 0.294 e. The topological polar surface area (TPSA) is 111 Å². The third-order valence-corrected chi connectivity index (χ3v) is 4.05. The van der Waals surface area contributed by atoms with Crippen LogP contribution >= 0.6 is 11.3 Å². The third-order valence-electron chi connectivity index (χ3n) is 3.23. The molecule has 0 saturated heterocycles. The number of nitrogen functional groups attached to an aromatic ring is 1. The van der Waals surface area contributed by atoms with Crippen LogP contribution in [-0.2, 0) is 9.59 Å². The molecule has 0 spiro atoms. The van der Waals surface area contributed by atoms with Crippen LogP contribution in [0, 0.1) is 0 Å². The number of hydrogen-bond donors (Lipinski definition) is 3. The first-order valence-corrected chi connectivity index (χ1v) is 7.60. The third kappa shape index (κ3) is 3.03. The van der Waals surface area contributed by atoms with Gasteiger partial charge in [-0.2, -0.15) is 0 Å². The van der Waals surface area contributed by atoms with Crippen molar-refractivity contribution in [1.82, 2.24) is 5.43 Å². The van der Waals surface area contributed by atoms with Gasteiger partial charge in [0, 0.05) is 22.7 Å². The average Bonchev–Trinajstić information content (AvgIpc) is 3.04. The first kappa shape index (κ1) is 15.1.